The molecule has 0 aliphatic carbocycles. The number of benzene rings is 3. The molecule has 130 valence electrons. The van der Waals surface area contributed by atoms with Gasteiger partial charge in [-0.15, -0.1) is 0 Å². The fourth-order valence-electron chi connectivity index (χ4n) is 2.91. The van der Waals surface area contributed by atoms with Crippen LogP contribution in [0.4, 0.5) is 0 Å². The molecule has 0 fully saturated rings. The maximum absolute atomic E-state index is 12.1. The maximum atomic E-state index is 12.1. The van der Waals surface area contributed by atoms with Crippen LogP contribution in [0.1, 0.15) is 23.1 Å². The largest absolute Gasteiger partial charge is 0.356 e. The smallest absolute Gasteiger partial charge is 0.224 e. The van der Waals surface area contributed by atoms with Crippen LogP contribution in [0.25, 0.3) is 5.57 Å². The number of nitrogens with one attached hydrogen (secondary N) is 1. The second-order valence-electron chi connectivity index (χ2n) is 6.15. The van der Waals surface area contributed by atoms with Crippen LogP contribution >= 0.6 is 0 Å². The lowest BCUT2D eigenvalue weighted by molar-refractivity contribution is -0.120. The van der Waals surface area contributed by atoms with Gasteiger partial charge in [-0.05, 0) is 28.7 Å². The lowest BCUT2D eigenvalue weighted by Gasteiger charge is -2.09. The summed E-state index contributed by atoms with van der Waals surface area (Å²) in [6, 6.07) is 30.5. The van der Waals surface area contributed by atoms with Gasteiger partial charge in [0.2, 0.25) is 5.91 Å². The first kappa shape index (κ1) is 17.7. The zero-order valence-corrected chi connectivity index (χ0v) is 14.8. The van der Waals surface area contributed by atoms with Crippen molar-refractivity contribution >= 4 is 11.5 Å². The average molecular weight is 341 g/mol. The van der Waals surface area contributed by atoms with Crippen molar-refractivity contribution in [1.29, 1.82) is 0 Å². The van der Waals surface area contributed by atoms with E-state index in [0.717, 1.165) is 12.0 Å². The number of amides is 1. The summed E-state index contributed by atoms with van der Waals surface area (Å²) in [6.45, 7) is 0.634. The molecule has 1 N–H and O–H groups in total. The van der Waals surface area contributed by atoms with Crippen molar-refractivity contribution in [3.05, 3.63) is 114 Å². The summed E-state index contributed by atoms with van der Waals surface area (Å²) >= 11 is 0. The zero-order valence-electron chi connectivity index (χ0n) is 14.8. The third-order valence-electron chi connectivity index (χ3n) is 4.19. The number of rotatable bonds is 7. The lowest BCUT2D eigenvalue weighted by atomic mass is 9.97. The van der Waals surface area contributed by atoms with Crippen LogP contribution in [-0.2, 0) is 11.2 Å². The van der Waals surface area contributed by atoms with Crippen LogP contribution in [0.5, 0.6) is 0 Å². The molecule has 0 radical (unpaired) electrons. The van der Waals surface area contributed by atoms with Crippen LogP contribution in [0, 0.1) is 0 Å². The van der Waals surface area contributed by atoms with Gasteiger partial charge in [-0.25, -0.2) is 0 Å². The highest BCUT2D eigenvalue weighted by molar-refractivity contribution is 5.80. The van der Waals surface area contributed by atoms with Crippen molar-refractivity contribution in [3.63, 3.8) is 0 Å². The van der Waals surface area contributed by atoms with E-state index in [4.69, 9.17) is 0 Å². The average Bonchev–Trinajstić information content (AvgIpc) is 2.70. The van der Waals surface area contributed by atoms with Crippen molar-refractivity contribution in [1.82, 2.24) is 5.32 Å². The minimum atomic E-state index is 0.0607. The zero-order chi connectivity index (χ0) is 18.0. The maximum Gasteiger partial charge on any atom is 0.224 e. The van der Waals surface area contributed by atoms with E-state index >= 15 is 0 Å². The topological polar surface area (TPSA) is 29.1 Å². The van der Waals surface area contributed by atoms with Crippen molar-refractivity contribution < 1.29 is 4.79 Å². The molecule has 0 aromatic heterocycles. The Morgan fingerprint density at radius 1 is 0.731 bits per heavy atom. The first-order valence-corrected chi connectivity index (χ1v) is 8.94. The molecule has 0 spiro atoms. The van der Waals surface area contributed by atoms with Gasteiger partial charge in [-0.2, -0.15) is 0 Å². The van der Waals surface area contributed by atoms with E-state index in [-0.39, 0.29) is 5.91 Å². The SMILES string of the molecule is O=C(Cc1ccccc1)NCCC=C(c1ccccc1)c1ccccc1. The molecule has 2 nitrogen and oxygen atoms in total. The highest BCUT2D eigenvalue weighted by atomic mass is 16.1. The third-order valence-corrected chi connectivity index (χ3v) is 4.19. The van der Waals surface area contributed by atoms with Crippen LogP contribution < -0.4 is 5.32 Å². The molecule has 0 saturated carbocycles. The second-order valence-corrected chi connectivity index (χ2v) is 6.15. The molecule has 3 aromatic rings. The Hall–Kier alpha value is -3.13. The van der Waals surface area contributed by atoms with E-state index in [1.807, 2.05) is 66.7 Å². The number of hydrogen-bond acceptors (Lipinski definition) is 1. The molecule has 3 aromatic carbocycles. The van der Waals surface area contributed by atoms with Gasteiger partial charge in [-0.3, -0.25) is 4.79 Å². The Morgan fingerprint density at radius 2 is 1.23 bits per heavy atom. The van der Waals surface area contributed by atoms with Gasteiger partial charge in [0.05, 0.1) is 6.42 Å². The molecule has 0 aliphatic heterocycles. The summed E-state index contributed by atoms with van der Waals surface area (Å²) in [5.41, 5.74) is 4.61. The summed E-state index contributed by atoms with van der Waals surface area (Å²) < 4.78 is 0. The van der Waals surface area contributed by atoms with Gasteiger partial charge in [0.25, 0.3) is 0 Å². The van der Waals surface area contributed by atoms with Crippen molar-refractivity contribution in [3.8, 4) is 0 Å². The third kappa shape index (κ3) is 5.18. The van der Waals surface area contributed by atoms with Crippen LogP contribution in [0.15, 0.2) is 97.1 Å². The summed E-state index contributed by atoms with van der Waals surface area (Å²) in [5, 5.41) is 3.01. The molecule has 0 aliphatic rings. The monoisotopic (exact) mass is 341 g/mol. The quantitative estimate of drug-likeness (QED) is 0.611. The summed E-state index contributed by atoms with van der Waals surface area (Å²) in [4.78, 5) is 12.1. The molecule has 0 heterocycles. The minimum absolute atomic E-state index is 0.0607. The molecule has 1 amide bonds. The molecular weight excluding hydrogens is 318 g/mol. The predicted octanol–water partition coefficient (Wildman–Crippen LogP) is 4.87. The Kier molecular flexibility index (Phi) is 6.38. The molecule has 2 heteroatoms. The molecular formula is C24H23NO. The first-order valence-electron chi connectivity index (χ1n) is 8.94. The Morgan fingerprint density at radius 3 is 1.77 bits per heavy atom. The molecule has 0 saturated heterocycles. The van der Waals surface area contributed by atoms with Gasteiger partial charge in [0, 0.05) is 6.54 Å². The van der Waals surface area contributed by atoms with Gasteiger partial charge in [0.15, 0.2) is 0 Å². The van der Waals surface area contributed by atoms with Gasteiger partial charge < -0.3 is 5.32 Å². The van der Waals surface area contributed by atoms with E-state index < -0.39 is 0 Å². The van der Waals surface area contributed by atoms with E-state index in [9.17, 15) is 4.79 Å². The minimum Gasteiger partial charge on any atom is -0.356 e. The Labute approximate surface area is 155 Å². The number of carbonyl (C=O) groups is 1. The van der Waals surface area contributed by atoms with Gasteiger partial charge >= 0.3 is 0 Å². The van der Waals surface area contributed by atoms with Crippen LogP contribution in [-0.4, -0.2) is 12.5 Å². The number of hydrogen-bond donors (Lipinski definition) is 1. The summed E-state index contributed by atoms with van der Waals surface area (Å²) in [6.07, 6.45) is 3.42. The fourth-order valence-corrected chi connectivity index (χ4v) is 2.91. The first-order chi connectivity index (χ1) is 12.8. The standard InChI is InChI=1S/C24H23NO/c26-24(19-20-11-4-1-5-12-20)25-18-10-17-23(21-13-6-2-7-14-21)22-15-8-3-9-16-22/h1-9,11-17H,10,18-19H2,(H,25,26). The Bertz CT molecular complexity index is 798. The summed E-state index contributed by atoms with van der Waals surface area (Å²) in [5.74, 6) is 0.0607. The number of carbonyl (C=O) groups excluding carboxylic acids is 1. The van der Waals surface area contributed by atoms with Crippen molar-refractivity contribution in [2.24, 2.45) is 0 Å². The summed E-state index contributed by atoms with van der Waals surface area (Å²) in [7, 11) is 0. The molecule has 26 heavy (non-hydrogen) atoms. The highest BCUT2D eigenvalue weighted by Gasteiger charge is 2.05. The van der Waals surface area contributed by atoms with E-state index in [1.165, 1.54) is 16.7 Å². The van der Waals surface area contributed by atoms with E-state index in [2.05, 4.69) is 35.7 Å². The molecule has 0 unspecified atom stereocenters. The van der Waals surface area contributed by atoms with Gasteiger partial charge in [0.1, 0.15) is 0 Å². The van der Waals surface area contributed by atoms with E-state index in [0.29, 0.717) is 13.0 Å². The second kappa shape index (κ2) is 9.38. The van der Waals surface area contributed by atoms with Crippen molar-refractivity contribution in [2.75, 3.05) is 6.54 Å². The Balaban J connectivity index is 1.61. The normalized spacial score (nSPS) is 10.2. The lowest BCUT2D eigenvalue weighted by Crippen LogP contribution is -2.25. The van der Waals surface area contributed by atoms with E-state index in [1.54, 1.807) is 0 Å². The molecule has 0 atom stereocenters. The van der Waals surface area contributed by atoms with Gasteiger partial charge in [-0.1, -0.05) is 97.1 Å². The van der Waals surface area contributed by atoms with Crippen LogP contribution in [0.3, 0.4) is 0 Å². The van der Waals surface area contributed by atoms with Crippen molar-refractivity contribution in [2.45, 2.75) is 12.8 Å². The predicted molar refractivity (Wildman–Crippen MR) is 108 cm³/mol. The van der Waals surface area contributed by atoms with Crippen LogP contribution in [0.2, 0.25) is 0 Å². The highest BCUT2D eigenvalue weighted by Crippen LogP contribution is 2.23. The molecule has 3 rings (SSSR count). The fraction of sp³-hybridized carbons (Fsp3) is 0.125. The molecule has 0 bridgehead atoms.